The zero-order chi connectivity index (χ0) is 58.5. The Labute approximate surface area is 479 Å². The number of hydrogen-bond acceptors (Lipinski definition) is 15. The Balaban J connectivity index is 5.19. The van der Waals surface area contributed by atoms with Crippen molar-refractivity contribution in [2.24, 2.45) is 5.92 Å². The van der Waals surface area contributed by atoms with E-state index in [0.717, 1.165) is 102 Å². The minimum Gasteiger partial charge on any atom is -0.462 e. The number of rotatable bonds is 60. The lowest BCUT2D eigenvalue weighted by Crippen LogP contribution is -2.30. The van der Waals surface area contributed by atoms with Crippen molar-refractivity contribution in [1.82, 2.24) is 0 Å². The fourth-order valence-electron chi connectivity index (χ4n) is 8.84. The van der Waals surface area contributed by atoms with Crippen LogP contribution in [-0.2, 0) is 65.4 Å². The molecule has 6 atom stereocenters. The zero-order valence-electron chi connectivity index (χ0n) is 50.5. The van der Waals surface area contributed by atoms with Crippen molar-refractivity contribution in [3.8, 4) is 0 Å². The van der Waals surface area contributed by atoms with Gasteiger partial charge in [0.25, 0.3) is 0 Å². The van der Waals surface area contributed by atoms with E-state index in [9.17, 15) is 43.2 Å². The molecule has 19 heteroatoms. The number of esters is 4. The number of aliphatic hydroxyl groups excluding tert-OH is 1. The van der Waals surface area contributed by atoms with Gasteiger partial charge < -0.3 is 33.8 Å². The average molecular weight is 1170 g/mol. The lowest BCUT2D eigenvalue weighted by molar-refractivity contribution is -0.161. The largest absolute Gasteiger partial charge is 0.472 e. The van der Waals surface area contributed by atoms with Crippen molar-refractivity contribution in [2.45, 2.75) is 316 Å². The molecule has 79 heavy (non-hydrogen) atoms. The molecule has 0 saturated carbocycles. The summed E-state index contributed by atoms with van der Waals surface area (Å²) in [4.78, 5) is 71.8. The van der Waals surface area contributed by atoms with Gasteiger partial charge in [0.15, 0.2) is 12.2 Å². The molecule has 0 aliphatic rings. The van der Waals surface area contributed by atoms with Crippen LogP contribution in [0.1, 0.15) is 298 Å². The smallest absolute Gasteiger partial charge is 0.462 e. The molecule has 0 aromatic heterocycles. The van der Waals surface area contributed by atoms with Crippen LogP contribution in [0.25, 0.3) is 0 Å². The highest BCUT2D eigenvalue weighted by Gasteiger charge is 2.30. The Morgan fingerprint density at radius 3 is 0.899 bits per heavy atom. The Morgan fingerprint density at radius 1 is 0.354 bits per heavy atom. The number of carbonyl (C=O) groups excluding carboxylic acids is 4. The van der Waals surface area contributed by atoms with Crippen molar-refractivity contribution in [1.29, 1.82) is 0 Å². The molecular formula is C60H116O17P2. The average Bonchev–Trinajstić information content (AvgIpc) is 3.42. The Morgan fingerprint density at radius 2 is 0.608 bits per heavy atom. The van der Waals surface area contributed by atoms with Crippen LogP contribution < -0.4 is 0 Å². The van der Waals surface area contributed by atoms with Crippen molar-refractivity contribution >= 4 is 39.5 Å². The quantitative estimate of drug-likeness (QED) is 0.0222. The van der Waals surface area contributed by atoms with Gasteiger partial charge in [0, 0.05) is 25.7 Å². The maximum absolute atomic E-state index is 12.9. The summed E-state index contributed by atoms with van der Waals surface area (Å²) < 4.78 is 67.6. The van der Waals surface area contributed by atoms with Gasteiger partial charge in [-0.05, 0) is 31.6 Å². The molecule has 0 bridgehead atoms. The van der Waals surface area contributed by atoms with Gasteiger partial charge in [0.2, 0.25) is 0 Å². The van der Waals surface area contributed by atoms with E-state index < -0.39 is 97.5 Å². The molecule has 0 aliphatic carbocycles. The predicted octanol–water partition coefficient (Wildman–Crippen LogP) is 16.2. The third-order valence-corrected chi connectivity index (χ3v) is 16.0. The zero-order valence-corrected chi connectivity index (χ0v) is 52.3. The topological polar surface area (TPSA) is 237 Å². The van der Waals surface area contributed by atoms with Crippen LogP contribution in [0.4, 0.5) is 0 Å². The van der Waals surface area contributed by atoms with Gasteiger partial charge in [-0.1, -0.05) is 247 Å². The normalized spacial score (nSPS) is 14.7. The number of hydrogen-bond donors (Lipinski definition) is 3. The maximum atomic E-state index is 12.9. The van der Waals surface area contributed by atoms with Crippen molar-refractivity contribution in [3.63, 3.8) is 0 Å². The molecule has 0 heterocycles. The number of aliphatic hydroxyl groups is 1. The van der Waals surface area contributed by atoms with Crippen LogP contribution in [-0.4, -0.2) is 96.7 Å². The number of phosphoric ester groups is 2. The van der Waals surface area contributed by atoms with Gasteiger partial charge in [-0.2, -0.15) is 0 Å². The fourth-order valence-corrected chi connectivity index (χ4v) is 10.4. The summed E-state index contributed by atoms with van der Waals surface area (Å²) in [5.41, 5.74) is 0. The second kappa shape index (κ2) is 54.0. The number of carbonyl (C=O) groups is 4. The second-order valence-corrected chi connectivity index (χ2v) is 24.9. The van der Waals surface area contributed by atoms with E-state index in [4.69, 9.17) is 37.0 Å². The number of ether oxygens (including phenoxy) is 4. The summed E-state index contributed by atoms with van der Waals surface area (Å²) in [5.74, 6) is -1.43. The molecular weight excluding hydrogens is 1050 g/mol. The van der Waals surface area contributed by atoms with Crippen LogP contribution in [0.15, 0.2) is 0 Å². The molecule has 0 aromatic rings. The van der Waals surface area contributed by atoms with E-state index >= 15 is 0 Å². The number of phosphoric acid groups is 2. The van der Waals surface area contributed by atoms with Crippen LogP contribution in [0.2, 0.25) is 0 Å². The molecule has 0 saturated heterocycles. The molecule has 3 unspecified atom stereocenters. The molecule has 0 amide bonds. The first-order valence-corrected chi connectivity index (χ1v) is 34.7. The minimum absolute atomic E-state index is 0.102. The maximum Gasteiger partial charge on any atom is 0.472 e. The molecule has 0 fully saturated rings. The first kappa shape index (κ1) is 77.1. The third kappa shape index (κ3) is 53.8. The van der Waals surface area contributed by atoms with E-state index in [0.29, 0.717) is 25.7 Å². The second-order valence-electron chi connectivity index (χ2n) is 22.0. The Hall–Kier alpha value is -1.94. The van der Waals surface area contributed by atoms with Crippen molar-refractivity contribution in [2.75, 3.05) is 39.6 Å². The highest BCUT2D eigenvalue weighted by Crippen LogP contribution is 2.45. The standard InChI is InChI=1S/C60H116O17P2/c1-6-10-13-16-18-20-22-23-25-27-29-35-40-45-59(64)76-56(50-71-58(63)44-39-34-28-26-24-21-19-17-14-11-7-2)52-75-79(68,69)73-48-54(61)47-72-78(66,67)74-51-55(49-70-57(62)43-38-32-15-12-8-3)77-60(65)46-41-36-31-30-33-37-42-53(5)9-4/h53-56,61H,6-52H2,1-5H3,(H,66,67)(H,68,69)/t53?,54-,55+,56+/m0/s1. The van der Waals surface area contributed by atoms with Crippen LogP contribution in [0.3, 0.4) is 0 Å². The van der Waals surface area contributed by atoms with Gasteiger partial charge in [-0.3, -0.25) is 37.3 Å². The molecule has 0 aromatic carbocycles. The number of unbranched alkanes of at least 4 members (excludes halogenated alkanes) is 31. The van der Waals surface area contributed by atoms with E-state index in [1.807, 2.05) is 0 Å². The minimum atomic E-state index is -4.94. The first-order valence-electron chi connectivity index (χ1n) is 31.7. The van der Waals surface area contributed by atoms with E-state index in [1.54, 1.807) is 0 Å². The van der Waals surface area contributed by atoms with Gasteiger partial charge in [0.1, 0.15) is 19.3 Å². The monoisotopic (exact) mass is 1170 g/mol. The molecule has 0 radical (unpaired) electrons. The fraction of sp³-hybridized carbons (Fsp3) is 0.933. The van der Waals surface area contributed by atoms with Gasteiger partial charge in [-0.15, -0.1) is 0 Å². The van der Waals surface area contributed by atoms with E-state index in [2.05, 4.69) is 34.6 Å². The SMILES string of the molecule is CCCCCCCCCCCCCCCC(=O)O[C@H](COC(=O)CCCCCCCCCCCCC)COP(=O)(O)OC[C@@H](O)COP(=O)(O)OC[C@@H](COC(=O)CCCCCCC)OC(=O)CCCCCCCCC(C)CC. The lowest BCUT2D eigenvalue weighted by Gasteiger charge is -2.21. The van der Waals surface area contributed by atoms with Gasteiger partial charge in [-0.25, -0.2) is 9.13 Å². The summed E-state index contributed by atoms with van der Waals surface area (Å²) in [6, 6.07) is 0. The summed E-state index contributed by atoms with van der Waals surface area (Å²) >= 11 is 0. The van der Waals surface area contributed by atoms with E-state index in [1.165, 1.54) is 116 Å². The van der Waals surface area contributed by atoms with E-state index in [-0.39, 0.29) is 25.7 Å². The Bertz CT molecular complexity index is 1550. The molecule has 468 valence electrons. The van der Waals surface area contributed by atoms with Crippen LogP contribution in [0, 0.1) is 5.92 Å². The summed E-state index contributed by atoms with van der Waals surface area (Å²) in [6.07, 6.45) is 36.5. The highest BCUT2D eigenvalue weighted by atomic mass is 31.2. The molecule has 17 nitrogen and oxygen atoms in total. The highest BCUT2D eigenvalue weighted by molar-refractivity contribution is 7.47. The van der Waals surface area contributed by atoms with Gasteiger partial charge >= 0.3 is 39.5 Å². The predicted molar refractivity (Wildman–Crippen MR) is 312 cm³/mol. The lowest BCUT2D eigenvalue weighted by atomic mass is 10.00. The van der Waals surface area contributed by atoms with Crippen LogP contribution in [0.5, 0.6) is 0 Å². The third-order valence-electron chi connectivity index (χ3n) is 14.1. The van der Waals surface area contributed by atoms with Gasteiger partial charge in [0.05, 0.1) is 26.4 Å². The Kier molecular flexibility index (Phi) is 52.7. The van der Waals surface area contributed by atoms with Crippen molar-refractivity contribution in [3.05, 3.63) is 0 Å². The first-order chi connectivity index (χ1) is 38.1. The summed E-state index contributed by atoms with van der Waals surface area (Å²) in [6.45, 7) is 7.03. The summed E-state index contributed by atoms with van der Waals surface area (Å²) in [7, 11) is -9.87. The molecule has 0 aliphatic heterocycles. The molecule has 0 rings (SSSR count). The van der Waals surface area contributed by atoms with Crippen molar-refractivity contribution < 1.29 is 80.2 Å². The molecule has 0 spiro atoms. The summed E-state index contributed by atoms with van der Waals surface area (Å²) in [5, 5.41) is 10.5. The molecule has 3 N–H and O–H groups in total. The van der Waals surface area contributed by atoms with Crippen LogP contribution >= 0.6 is 15.6 Å².